The third-order valence-electron chi connectivity index (χ3n) is 7.85. The Hall–Kier alpha value is -3.64. The monoisotopic (exact) mass is 513 g/mol. The zero-order valence-electron chi connectivity index (χ0n) is 22.1. The Morgan fingerprint density at radius 1 is 1.00 bits per heavy atom. The summed E-state index contributed by atoms with van der Waals surface area (Å²) < 4.78 is 12.8. The highest BCUT2D eigenvalue weighted by molar-refractivity contribution is 5.88. The van der Waals surface area contributed by atoms with E-state index in [0.29, 0.717) is 12.4 Å². The van der Waals surface area contributed by atoms with E-state index in [2.05, 4.69) is 6.92 Å². The van der Waals surface area contributed by atoms with Crippen molar-refractivity contribution in [3.63, 3.8) is 0 Å². The lowest BCUT2D eigenvalue weighted by Crippen LogP contribution is -2.51. The van der Waals surface area contributed by atoms with Crippen molar-refractivity contribution in [1.29, 1.82) is 0 Å². The van der Waals surface area contributed by atoms with Gasteiger partial charge in [-0.1, -0.05) is 85.6 Å². The number of benzene rings is 3. The lowest BCUT2D eigenvalue weighted by atomic mass is 9.90. The van der Waals surface area contributed by atoms with Crippen molar-refractivity contribution < 1.29 is 24.2 Å². The van der Waals surface area contributed by atoms with Crippen LogP contribution in [0.15, 0.2) is 72.8 Å². The van der Waals surface area contributed by atoms with Crippen LogP contribution < -0.4 is 4.74 Å². The summed E-state index contributed by atoms with van der Waals surface area (Å²) in [7, 11) is 0. The molecule has 0 saturated heterocycles. The average molecular weight is 514 g/mol. The Morgan fingerprint density at radius 3 is 2.32 bits per heavy atom. The van der Waals surface area contributed by atoms with E-state index in [0.717, 1.165) is 53.5 Å². The molecule has 3 aromatic carbocycles. The van der Waals surface area contributed by atoms with Crippen LogP contribution in [0, 0.1) is 6.92 Å². The molecule has 6 nitrogen and oxygen atoms in total. The molecule has 1 heterocycles. The molecule has 5 rings (SSSR count). The average Bonchev–Trinajstić information content (AvgIpc) is 3.37. The van der Waals surface area contributed by atoms with Gasteiger partial charge in [0.1, 0.15) is 18.4 Å². The molecule has 1 saturated carbocycles. The van der Waals surface area contributed by atoms with E-state index in [4.69, 9.17) is 9.47 Å². The first-order valence-electron chi connectivity index (χ1n) is 13.4. The molecule has 2 atom stereocenters. The van der Waals surface area contributed by atoms with Crippen LogP contribution in [0.25, 0.3) is 0 Å². The fourth-order valence-corrected chi connectivity index (χ4v) is 5.70. The number of carbonyl (C=O) groups is 2. The number of carbonyl (C=O) groups excluding carboxylic acids is 1. The molecule has 1 amide bonds. The van der Waals surface area contributed by atoms with E-state index >= 15 is 0 Å². The largest absolute Gasteiger partial charge is 0.488 e. The minimum atomic E-state index is -1.03. The number of rotatable bonds is 8. The summed E-state index contributed by atoms with van der Waals surface area (Å²) in [4.78, 5) is 28.2. The van der Waals surface area contributed by atoms with Crippen LogP contribution in [0.1, 0.15) is 66.5 Å². The van der Waals surface area contributed by atoms with Gasteiger partial charge in [-0.15, -0.1) is 0 Å². The molecule has 38 heavy (non-hydrogen) atoms. The van der Waals surface area contributed by atoms with E-state index in [9.17, 15) is 14.7 Å². The quantitative estimate of drug-likeness (QED) is 0.400. The highest BCUT2D eigenvalue weighted by Crippen LogP contribution is 2.40. The number of carboxylic acids is 1. The molecule has 0 radical (unpaired) electrons. The summed E-state index contributed by atoms with van der Waals surface area (Å²) in [5.41, 5.74) is 4.09. The SMILES string of the molecule is Cc1ccc2c(c1OCc1ccccc1)C[C@H](C(=O)O)N(C(=O)[C@H](OC1(C)CCCC1)c1ccccc1)C2. The Kier molecular flexibility index (Phi) is 7.52. The van der Waals surface area contributed by atoms with E-state index in [1.807, 2.05) is 79.7 Å². The molecule has 1 fully saturated rings. The summed E-state index contributed by atoms with van der Waals surface area (Å²) in [5.74, 6) is -0.632. The molecule has 1 aliphatic heterocycles. The van der Waals surface area contributed by atoms with Crippen molar-refractivity contribution >= 4 is 11.9 Å². The zero-order valence-corrected chi connectivity index (χ0v) is 22.1. The van der Waals surface area contributed by atoms with Crippen molar-refractivity contribution in [2.75, 3.05) is 0 Å². The number of aryl methyl sites for hydroxylation is 1. The molecule has 0 unspecified atom stereocenters. The summed E-state index contributed by atoms with van der Waals surface area (Å²) in [6.07, 6.45) is 3.22. The molecule has 198 valence electrons. The molecular weight excluding hydrogens is 478 g/mol. The smallest absolute Gasteiger partial charge is 0.326 e. The number of hydrogen-bond acceptors (Lipinski definition) is 4. The van der Waals surface area contributed by atoms with Gasteiger partial charge in [-0.25, -0.2) is 4.79 Å². The van der Waals surface area contributed by atoms with Gasteiger partial charge in [-0.2, -0.15) is 0 Å². The number of carboxylic acid groups (broad SMARTS) is 1. The van der Waals surface area contributed by atoms with Crippen LogP contribution in [0.5, 0.6) is 5.75 Å². The van der Waals surface area contributed by atoms with Gasteiger partial charge in [-0.3, -0.25) is 4.79 Å². The van der Waals surface area contributed by atoms with Crippen LogP contribution in [0.2, 0.25) is 0 Å². The second-order valence-corrected chi connectivity index (χ2v) is 10.7. The Bertz CT molecular complexity index is 1280. The third kappa shape index (κ3) is 5.46. The van der Waals surface area contributed by atoms with Gasteiger partial charge < -0.3 is 19.5 Å². The zero-order chi connectivity index (χ0) is 26.7. The van der Waals surface area contributed by atoms with Crippen molar-refractivity contribution in [2.45, 2.75) is 76.9 Å². The predicted octanol–water partition coefficient (Wildman–Crippen LogP) is 6.00. The highest BCUT2D eigenvalue weighted by Gasteiger charge is 2.42. The number of nitrogens with zero attached hydrogens (tertiary/aromatic N) is 1. The van der Waals surface area contributed by atoms with Crippen molar-refractivity contribution in [3.8, 4) is 5.75 Å². The molecule has 2 aliphatic rings. The Balaban J connectivity index is 1.46. The molecule has 3 aromatic rings. The number of aliphatic carboxylic acids is 1. The van der Waals surface area contributed by atoms with Crippen molar-refractivity contribution in [1.82, 2.24) is 4.90 Å². The van der Waals surface area contributed by atoms with E-state index in [-0.39, 0.29) is 18.9 Å². The van der Waals surface area contributed by atoms with Crippen LogP contribution in [0.3, 0.4) is 0 Å². The first-order chi connectivity index (χ1) is 18.3. The van der Waals surface area contributed by atoms with Crippen molar-refractivity contribution in [3.05, 3.63) is 101 Å². The lowest BCUT2D eigenvalue weighted by molar-refractivity contribution is -0.166. The van der Waals surface area contributed by atoms with Gasteiger partial charge in [0, 0.05) is 18.5 Å². The van der Waals surface area contributed by atoms with Gasteiger partial charge in [0.25, 0.3) is 5.91 Å². The first-order valence-corrected chi connectivity index (χ1v) is 13.4. The van der Waals surface area contributed by atoms with Gasteiger partial charge in [0.2, 0.25) is 0 Å². The number of amides is 1. The maximum absolute atomic E-state index is 14.1. The number of ether oxygens (including phenoxy) is 2. The fraction of sp³-hybridized carbons (Fsp3) is 0.375. The first kappa shape index (κ1) is 26.0. The predicted molar refractivity (Wildman–Crippen MR) is 145 cm³/mol. The normalized spacial score (nSPS) is 19.0. The molecular formula is C32H35NO5. The summed E-state index contributed by atoms with van der Waals surface area (Å²) >= 11 is 0. The highest BCUT2D eigenvalue weighted by atomic mass is 16.5. The van der Waals surface area contributed by atoms with Gasteiger partial charge in [0.15, 0.2) is 6.10 Å². The maximum Gasteiger partial charge on any atom is 0.326 e. The van der Waals surface area contributed by atoms with E-state index in [1.54, 1.807) is 0 Å². The molecule has 0 bridgehead atoms. The fourth-order valence-electron chi connectivity index (χ4n) is 5.70. The Morgan fingerprint density at radius 2 is 1.66 bits per heavy atom. The van der Waals surface area contributed by atoms with Gasteiger partial charge in [0.05, 0.1) is 5.60 Å². The molecule has 6 heteroatoms. The molecule has 1 N–H and O–H groups in total. The maximum atomic E-state index is 14.1. The Labute approximate surface area is 224 Å². The number of hydrogen-bond donors (Lipinski definition) is 1. The third-order valence-corrected chi connectivity index (χ3v) is 7.85. The number of fused-ring (bicyclic) bond motifs is 1. The minimum absolute atomic E-state index is 0.182. The second-order valence-electron chi connectivity index (χ2n) is 10.7. The van der Waals surface area contributed by atoms with E-state index < -0.39 is 23.7 Å². The minimum Gasteiger partial charge on any atom is -0.488 e. The standard InChI is InChI=1S/C32H35NO5/c1-22-15-16-25-20-33(27(31(35)36)19-26(25)28(22)37-21-23-11-5-3-6-12-23)30(34)29(24-13-7-4-8-14-24)38-32(2)17-9-10-18-32/h3-8,11-16,27,29H,9-10,17-21H2,1-2H3,(H,35,36)/t27-,29-/m1/s1. The summed E-state index contributed by atoms with van der Waals surface area (Å²) in [6, 6.07) is 22.3. The molecule has 0 spiro atoms. The lowest BCUT2D eigenvalue weighted by Gasteiger charge is -2.39. The van der Waals surface area contributed by atoms with Gasteiger partial charge >= 0.3 is 5.97 Å². The van der Waals surface area contributed by atoms with Crippen molar-refractivity contribution in [2.24, 2.45) is 0 Å². The van der Waals surface area contributed by atoms with E-state index in [1.165, 1.54) is 4.90 Å². The summed E-state index contributed by atoms with van der Waals surface area (Å²) in [5, 5.41) is 10.3. The summed E-state index contributed by atoms with van der Waals surface area (Å²) in [6.45, 7) is 4.61. The van der Waals surface area contributed by atoms with Crippen LogP contribution in [0.4, 0.5) is 0 Å². The molecule has 1 aliphatic carbocycles. The van der Waals surface area contributed by atoms with Crippen LogP contribution >= 0.6 is 0 Å². The second kappa shape index (κ2) is 11.0. The van der Waals surface area contributed by atoms with Crippen LogP contribution in [-0.2, 0) is 33.9 Å². The topological polar surface area (TPSA) is 76.1 Å². The van der Waals surface area contributed by atoms with Crippen LogP contribution in [-0.4, -0.2) is 33.5 Å². The molecule has 0 aromatic heterocycles. The van der Waals surface area contributed by atoms with Gasteiger partial charge in [-0.05, 0) is 48.9 Å².